The second-order valence-electron chi connectivity index (χ2n) is 8.53. The summed E-state index contributed by atoms with van der Waals surface area (Å²) in [4.78, 5) is 16.1. The number of pyridine rings is 1. The highest BCUT2D eigenvalue weighted by Gasteiger charge is 2.51. The van der Waals surface area contributed by atoms with Gasteiger partial charge in [0.1, 0.15) is 6.61 Å². The lowest BCUT2D eigenvalue weighted by Crippen LogP contribution is -2.37. The first kappa shape index (κ1) is 23.2. The Kier molecular flexibility index (Phi) is 7.68. The highest BCUT2D eigenvalue weighted by Crippen LogP contribution is 2.43. The van der Waals surface area contributed by atoms with E-state index >= 15 is 0 Å². The summed E-state index contributed by atoms with van der Waals surface area (Å²) in [6.07, 6.45) is 9.08. The lowest BCUT2D eigenvalue weighted by atomic mass is 9.96. The highest BCUT2D eigenvalue weighted by molar-refractivity contribution is 5.66. The van der Waals surface area contributed by atoms with E-state index < -0.39 is 17.7 Å². The Balaban J connectivity index is 1.77. The third-order valence-corrected chi connectivity index (χ3v) is 5.53. The molecule has 1 aliphatic heterocycles. The smallest absolute Gasteiger partial charge is 0.450 e. The molecule has 1 N–H and O–H groups in total. The SMILES string of the molecule is CCCCCCCCc1ccc(-c2ccccc2[C@@]2(OC(=O)O)COC(C)(C)O2)nc1. The Morgan fingerprint density at radius 1 is 1.10 bits per heavy atom. The van der Waals surface area contributed by atoms with Crippen LogP contribution in [0.2, 0.25) is 0 Å². The average Bonchev–Trinajstić information content (AvgIpc) is 3.05. The third kappa shape index (κ3) is 6.05. The summed E-state index contributed by atoms with van der Waals surface area (Å²) in [7, 11) is 0. The van der Waals surface area contributed by atoms with Crippen LogP contribution in [0, 0.1) is 0 Å². The zero-order chi connectivity index (χ0) is 22.3. The van der Waals surface area contributed by atoms with E-state index in [9.17, 15) is 9.90 Å². The summed E-state index contributed by atoms with van der Waals surface area (Å²) in [6, 6.07) is 11.5. The number of rotatable bonds is 10. The monoisotopic (exact) mass is 427 g/mol. The lowest BCUT2D eigenvalue weighted by molar-refractivity contribution is -0.240. The quantitative estimate of drug-likeness (QED) is 0.355. The summed E-state index contributed by atoms with van der Waals surface area (Å²) in [6.45, 7) is 5.67. The van der Waals surface area contributed by atoms with Crippen LogP contribution in [0.15, 0.2) is 42.6 Å². The molecule has 1 aromatic heterocycles. The molecule has 168 valence electrons. The lowest BCUT2D eigenvalue weighted by Gasteiger charge is -2.29. The molecule has 1 fully saturated rings. The summed E-state index contributed by atoms with van der Waals surface area (Å²) in [5.74, 6) is -2.50. The van der Waals surface area contributed by atoms with Gasteiger partial charge in [0.05, 0.1) is 5.69 Å². The second kappa shape index (κ2) is 10.2. The Morgan fingerprint density at radius 2 is 1.84 bits per heavy atom. The standard InChI is InChI=1S/C25H33NO5/c1-4-5-6-7-8-9-12-19-15-16-22(26-17-19)20-13-10-11-14-21(20)25(30-23(27)28)18-29-24(2,3)31-25/h10-11,13-17H,4-9,12,18H2,1-3H3,(H,27,28)/t25-/m1/s1. The number of nitrogens with zero attached hydrogens (tertiary/aromatic N) is 1. The fourth-order valence-electron chi connectivity index (χ4n) is 3.98. The van der Waals surface area contributed by atoms with Crippen molar-refractivity contribution in [1.82, 2.24) is 4.98 Å². The van der Waals surface area contributed by atoms with E-state index in [1.807, 2.05) is 30.5 Å². The van der Waals surface area contributed by atoms with Gasteiger partial charge < -0.3 is 19.3 Å². The van der Waals surface area contributed by atoms with E-state index in [4.69, 9.17) is 14.2 Å². The Morgan fingerprint density at radius 3 is 2.48 bits per heavy atom. The van der Waals surface area contributed by atoms with Crippen molar-refractivity contribution in [2.45, 2.75) is 77.3 Å². The summed E-state index contributed by atoms with van der Waals surface area (Å²) >= 11 is 0. The van der Waals surface area contributed by atoms with Crippen molar-refractivity contribution in [3.8, 4) is 11.3 Å². The van der Waals surface area contributed by atoms with E-state index in [-0.39, 0.29) is 6.61 Å². The van der Waals surface area contributed by atoms with Gasteiger partial charge in [-0.15, -0.1) is 0 Å². The summed E-state index contributed by atoms with van der Waals surface area (Å²) in [5.41, 5.74) is 3.29. The maximum atomic E-state index is 11.4. The van der Waals surface area contributed by atoms with Crippen LogP contribution in [0.5, 0.6) is 0 Å². The Labute approximate surface area is 184 Å². The van der Waals surface area contributed by atoms with E-state index in [2.05, 4.69) is 18.0 Å². The van der Waals surface area contributed by atoms with Crippen LogP contribution in [0.4, 0.5) is 4.79 Å². The van der Waals surface area contributed by atoms with Crippen molar-refractivity contribution in [2.75, 3.05) is 6.61 Å². The number of unbranched alkanes of at least 4 members (excludes halogenated alkanes) is 5. The van der Waals surface area contributed by atoms with Gasteiger partial charge in [-0.05, 0) is 38.3 Å². The van der Waals surface area contributed by atoms with Crippen molar-refractivity contribution in [3.05, 3.63) is 53.7 Å². The van der Waals surface area contributed by atoms with E-state index in [1.54, 1.807) is 19.9 Å². The van der Waals surface area contributed by atoms with Crippen molar-refractivity contribution < 1.29 is 24.1 Å². The molecule has 2 heterocycles. The maximum Gasteiger partial charge on any atom is 0.508 e. The molecule has 0 saturated carbocycles. The molecule has 1 atom stereocenters. The van der Waals surface area contributed by atoms with Crippen LogP contribution in [-0.2, 0) is 26.4 Å². The molecule has 1 saturated heterocycles. The number of benzene rings is 1. The number of ether oxygens (including phenoxy) is 3. The molecule has 1 aliphatic rings. The third-order valence-electron chi connectivity index (χ3n) is 5.53. The number of hydrogen-bond acceptors (Lipinski definition) is 5. The Hall–Kier alpha value is -2.44. The van der Waals surface area contributed by atoms with Gasteiger partial charge in [0.2, 0.25) is 0 Å². The predicted molar refractivity (Wildman–Crippen MR) is 119 cm³/mol. The van der Waals surface area contributed by atoms with Gasteiger partial charge in [0.15, 0.2) is 5.79 Å². The topological polar surface area (TPSA) is 77.9 Å². The number of aromatic nitrogens is 1. The molecule has 0 aliphatic carbocycles. The molecule has 0 bridgehead atoms. The van der Waals surface area contributed by atoms with Gasteiger partial charge in [-0.3, -0.25) is 4.98 Å². The minimum absolute atomic E-state index is 0.0283. The predicted octanol–water partition coefficient (Wildman–Crippen LogP) is 6.28. The second-order valence-corrected chi connectivity index (χ2v) is 8.53. The number of carboxylic acid groups (broad SMARTS) is 1. The van der Waals surface area contributed by atoms with Crippen LogP contribution in [0.25, 0.3) is 11.3 Å². The molecule has 0 spiro atoms. The van der Waals surface area contributed by atoms with Crippen LogP contribution < -0.4 is 0 Å². The molecule has 0 amide bonds. The zero-order valence-corrected chi connectivity index (χ0v) is 18.7. The van der Waals surface area contributed by atoms with Gasteiger partial charge in [0.25, 0.3) is 5.79 Å². The van der Waals surface area contributed by atoms with Crippen LogP contribution in [0.3, 0.4) is 0 Å². The van der Waals surface area contributed by atoms with Crippen LogP contribution in [0.1, 0.15) is 70.4 Å². The number of aryl methyl sites for hydroxylation is 1. The van der Waals surface area contributed by atoms with Crippen molar-refractivity contribution in [2.24, 2.45) is 0 Å². The van der Waals surface area contributed by atoms with E-state index in [1.165, 1.54) is 37.7 Å². The fourth-order valence-corrected chi connectivity index (χ4v) is 3.98. The van der Waals surface area contributed by atoms with E-state index in [0.717, 1.165) is 24.1 Å². The highest BCUT2D eigenvalue weighted by atomic mass is 16.9. The normalized spacial score (nSPS) is 20.0. The van der Waals surface area contributed by atoms with E-state index in [0.29, 0.717) is 5.56 Å². The zero-order valence-electron chi connectivity index (χ0n) is 18.7. The summed E-state index contributed by atoms with van der Waals surface area (Å²) < 4.78 is 16.9. The van der Waals surface area contributed by atoms with Crippen molar-refractivity contribution in [1.29, 1.82) is 0 Å². The molecule has 0 radical (unpaired) electrons. The fraction of sp³-hybridized carbons (Fsp3) is 0.520. The molecule has 31 heavy (non-hydrogen) atoms. The minimum atomic E-state index is -1.54. The largest absolute Gasteiger partial charge is 0.508 e. The van der Waals surface area contributed by atoms with Gasteiger partial charge in [0, 0.05) is 17.3 Å². The molecule has 3 rings (SSSR count). The van der Waals surface area contributed by atoms with Gasteiger partial charge in [-0.1, -0.05) is 69.4 Å². The first-order chi connectivity index (χ1) is 14.9. The van der Waals surface area contributed by atoms with Gasteiger partial charge >= 0.3 is 6.16 Å². The minimum Gasteiger partial charge on any atom is -0.450 e. The Bertz CT molecular complexity index is 864. The van der Waals surface area contributed by atoms with Crippen molar-refractivity contribution >= 4 is 6.16 Å². The molecule has 6 nitrogen and oxygen atoms in total. The molecule has 1 aromatic carbocycles. The molecule has 6 heteroatoms. The van der Waals surface area contributed by atoms with Crippen LogP contribution in [-0.4, -0.2) is 28.6 Å². The molecular formula is C25H33NO5. The number of hydrogen-bond donors (Lipinski definition) is 1. The van der Waals surface area contributed by atoms with Gasteiger partial charge in [-0.2, -0.15) is 0 Å². The molecular weight excluding hydrogens is 394 g/mol. The summed E-state index contributed by atoms with van der Waals surface area (Å²) in [5, 5.41) is 9.35. The number of carbonyl (C=O) groups is 1. The van der Waals surface area contributed by atoms with Crippen molar-refractivity contribution in [3.63, 3.8) is 0 Å². The molecule has 0 unspecified atom stereocenters. The maximum absolute atomic E-state index is 11.4. The average molecular weight is 428 g/mol. The van der Waals surface area contributed by atoms with Gasteiger partial charge in [-0.25, -0.2) is 4.79 Å². The first-order valence-electron chi connectivity index (χ1n) is 11.2. The first-order valence-corrected chi connectivity index (χ1v) is 11.2. The van der Waals surface area contributed by atoms with Crippen LogP contribution >= 0.6 is 0 Å². The molecule has 2 aromatic rings.